The molecular formula is C20H14F4N4O3S. The number of alkyl halides is 3. The smallest absolute Gasteiger partial charge is 0.409 e. The van der Waals surface area contributed by atoms with Crippen LogP contribution in [0.3, 0.4) is 0 Å². The highest BCUT2D eigenvalue weighted by Crippen LogP contribution is 2.38. The number of anilines is 2. The van der Waals surface area contributed by atoms with E-state index in [1.807, 2.05) is 0 Å². The molecule has 0 aliphatic carbocycles. The lowest BCUT2D eigenvalue weighted by atomic mass is 10.1. The molecule has 32 heavy (non-hydrogen) atoms. The van der Waals surface area contributed by atoms with Crippen molar-refractivity contribution >= 4 is 35.0 Å². The van der Waals surface area contributed by atoms with Gasteiger partial charge in [0.1, 0.15) is 11.9 Å². The van der Waals surface area contributed by atoms with Crippen LogP contribution in [0.25, 0.3) is 11.5 Å². The van der Waals surface area contributed by atoms with Gasteiger partial charge in [-0.25, -0.2) is 4.39 Å². The Labute approximate surface area is 182 Å². The van der Waals surface area contributed by atoms with Crippen LogP contribution < -0.4 is 10.2 Å². The molecule has 7 nitrogen and oxygen atoms in total. The van der Waals surface area contributed by atoms with Crippen molar-refractivity contribution in [2.45, 2.75) is 23.9 Å². The first-order valence-electron chi connectivity index (χ1n) is 9.22. The van der Waals surface area contributed by atoms with Gasteiger partial charge in [0.15, 0.2) is 0 Å². The van der Waals surface area contributed by atoms with Crippen LogP contribution in [-0.4, -0.2) is 40.0 Å². The van der Waals surface area contributed by atoms with Crippen molar-refractivity contribution in [2.24, 2.45) is 0 Å². The van der Waals surface area contributed by atoms with Gasteiger partial charge in [-0.1, -0.05) is 23.9 Å². The highest BCUT2D eigenvalue weighted by Gasteiger charge is 2.48. The summed E-state index contributed by atoms with van der Waals surface area (Å²) in [5.74, 6) is -2.55. The van der Waals surface area contributed by atoms with Gasteiger partial charge in [-0.15, -0.1) is 10.2 Å². The Morgan fingerprint density at radius 3 is 2.59 bits per heavy atom. The first-order chi connectivity index (χ1) is 15.2. The van der Waals surface area contributed by atoms with E-state index in [2.05, 4.69) is 15.5 Å². The molecule has 0 bridgehead atoms. The fourth-order valence-corrected chi connectivity index (χ4v) is 3.79. The molecule has 0 radical (unpaired) electrons. The van der Waals surface area contributed by atoms with Gasteiger partial charge in [0.25, 0.3) is 5.22 Å². The Morgan fingerprint density at radius 1 is 1.16 bits per heavy atom. The molecule has 0 saturated heterocycles. The van der Waals surface area contributed by atoms with E-state index in [0.717, 1.165) is 11.8 Å². The quantitative estimate of drug-likeness (QED) is 0.456. The Balaban J connectivity index is 1.56. The summed E-state index contributed by atoms with van der Waals surface area (Å²) in [5, 5.41) is 9.93. The highest BCUT2D eigenvalue weighted by molar-refractivity contribution is 7.99. The second kappa shape index (κ2) is 8.61. The van der Waals surface area contributed by atoms with Gasteiger partial charge < -0.3 is 9.73 Å². The van der Waals surface area contributed by atoms with E-state index in [-0.39, 0.29) is 22.5 Å². The molecule has 1 atom stereocenters. The van der Waals surface area contributed by atoms with Gasteiger partial charge in [-0.2, -0.15) is 13.2 Å². The summed E-state index contributed by atoms with van der Waals surface area (Å²) in [5.41, 5.74) is 0.503. The number of aromatic nitrogens is 2. The molecule has 166 valence electrons. The zero-order valence-electron chi connectivity index (χ0n) is 16.1. The lowest BCUT2D eigenvalue weighted by molar-refractivity contribution is -0.157. The molecule has 1 N–H and O–H groups in total. The Bertz CT molecular complexity index is 1150. The van der Waals surface area contributed by atoms with Gasteiger partial charge in [-0.3, -0.25) is 14.5 Å². The molecule has 2 aromatic carbocycles. The third kappa shape index (κ3) is 4.59. The van der Waals surface area contributed by atoms with Crippen molar-refractivity contribution in [1.29, 1.82) is 0 Å². The highest BCUT2D eigenvalue weighted by atomic mass is 32.2. The van der Waals surface area contributed by atoms with Gasteiger partial charge >= 0.3 is 6.18 Å². The maximum absolute atomic E-state index is 13.7. The average molecular weight is 466 g/mol. The Kier molecular flexibility index (Phi) is 5.87. The molecule has 2 heterocycles. The van der Waals surface area contributed by atoms with E-state index in [4.69, 9.17) is 4.42 Å². The first-order valence-corrected chi connectivity index (χ1v) is 10.2. The van der Waals surface area contributed by atoms with E-state index < -0.39 is 42.0 Å². The van der Waals surface area contributed by atoms with Gasteiger partial charge in [0.2, 0.25) is 17.7 Å². The third-order valence-electron chi connectivity index (χ3n) is 4.59. The number of nitrogens with one attached hydrogen (secondary N) is 1. The lowest BCUT2D eigenvalue weighted by Gasteiger charge is -2.31. The van der Waals surface area contributed by atoms with Crippen molar-refractivity contribution in [2.75, 3.05) is 16.0 Å². The number of benzene rings is 2. The number of carbonyl (C=O) groups excluding carboxylic acids is 2. The molecule has 0 fully saturated rings. The predicted molar refractivity (Wildman–Crippen MR) is 107 cm³/mol. The summed E-state index contributed by atoms with van der Waals surface area (Å²) in [6.45, 7) is 0. The number of para-hydroxylation sites is 2. The molecule has 1 unspecified atom stereocenters. The predicted octanol–water partition coefficient (Wildman–Crippen LogP) is 4.27. The molecular weight excluding hydrogens is 452 g/mol. The minimum atomic E-state index is -4.82. The molecule has 0 saturated carbocycles. The number of carbonyl (C=O) groups is 2. The van der Waals surface area contributed by atoms with Crippen molar-refractivity contribution < 1.29 is 31.6 Å². The zero-order valence-corrected chi connectivity index (χ0v) is 16.9. The zero-order chi connectivity index (χ0) is 22.9. The fraction of sp³-hybridized carbons (Fsp3) is 0.200. The minimum Gasteiger partial charge on any atom is -0.411 e. The Morgan fingerprint density at radius 2 is 1.88 bits per heavy atom. The molecule has 3 aromatic rings. The van der Waals surface area contributed by atoms with Gasteiger partial charge in [0, 0.05) is 5.56 Å². The number of halogens is 4. The number of hydrogen-bond donors (Lipinski definition) is 1. The van der Waals surface area contributed by atoms with Crippen molar-refractivity contribution in [3.05, 3.63) is 54.3 Å². The summed E-state index contributed by atoms with van der Waals surface area (Å²) in [6, 6.07) is 8.72. The van der Waals surface area contributed by atoms with Gasteiger partial charge in [0.05, 0.1) is 23.5 Å². The van der Waals surface area contributed by atoms with Crippen LogP contribution in [0.4, 0.5) is 28.9 Å². The largest absolute Gasteiger partial charge is 0.411 e. The summed E-state index contributed by atoms with van der Waals surface area (Å²) in [6.07, 6.45) is -5.75. The van der Waals surface area contributed by atoms with E-state index in [0.29, 0.717) is 10.5 Å². The number of hydrogen-bond acceptors (Lipinski definition) is 6. The number of thioether (sulfide) groups is 1. The van der Waals surface area contributed by atoms with E-state index in [9.17, 15) is 27.2 Å². The number of amides is 2. The van der Waals surface area contributed by atoms with Crippen LogP contribution in [0.2, 0.25) is 0 Å². The maximum Gasteiger partial charge on any atom is 0.409 e. The van der Waals surface area contributed by atoms with Crippen LogP contribution in [0.5, 0.6) is 0 Å². The normalized spacial score (nSPS) is 16.3. The molecule has 1 aliphatic heterocycles. The SMILES string of the molecule is O=C1CC(C(F)(F)F)N(C(=O)CSc2nnc(-c3ccc(F)cc3)o2)c2ccccc2N1. The second-order valence-electron chi connectivity index (χ2n) is 6.76. The second-order valence-corrected chi connectivity index (χ2v) is 7.69. The van der Waals surface area contributed by atoms with Crippen molar-refractivity contribution in [3.63, 3.8) is 0 Å². The number of rotatable bonds is 4. The Hall–Kier alpha value is -3.41. The summed E-state index contributed by atoms with van der Waals surface area (Å²) < 4.78 is 59.7. The summed E-state index contributed by atoms with van der Waals surface area (Å²) in [4.78, 5) is 25.5. The monoisotopic (exact) mass is 466 g/mol. The molecule has 4 rings (SSSR count). The lowest BCUT2D eigenvalue weighted by Crippen LogP contribution is -2.50. The molecule has 2 amide bonds. The first kappa shape index (κ1) is 21.8. The van der Waals surface area contributed by atoms with E-state index in [1.165, 1.54) is 42.5 Å². The number of fused-ring (bicyclic) bond motifs is 1. The van der Waals surface area contributed by atoms with Crippen LogP contribution in [0, 0.1) is 5.82 Å². The maximum atomic E-state index is 13.7. The third-order valence-corrected chi connectivity index (χ3v) is 5.39. The van der Waals surface area contributed by atoms with Crippen molar-refractivity contribution in [3.8, 4) is 11.5 Å². The van der Waals surface area contributed by atoms with Crippen LogP contribution in [0.15, 0.2) is 58.2 Å². The molecule has 0 spiro atoms. The minimum absolute atomic E-state index is 0.0430. The van der Waals surface area contributed by atoms with Crippen LogP contribution >= 0.6 is 11.8 Å². The van der Waals surface area contributed by atoms with Crippen LogP contribution in [-0.2, 0) is 9.59 Å². The van der Waals surface area contributed by atoms with Crippen LogP contribution in [0.1, 0.15) is 6.42 Å². The fourth-order valence-electron chi connectivity index (χ4n) is 3.17. The molecule has 12 heteroatoms. The van der Waals surface area contributed by atoms with E-state index >= 15 is 0 Å². The van der Waals surface area contributed by atoms with Crippen molar-refractivity contribution in [1.82, 2.24) is 10.2 Å². The molecule has 1 aromatic heterocycles. The van der Waals surface area contributed by atoms with E-state index in [1.54, 1.807) is 6.07 Å². The average Bonchev–Trinajstić information content (AvgIpc) is 3.15. The molecule has 1 aliphatic rings. The summed E-state index contributed by atoms with van der Waals surface area (Å²) in [7, 11) is 0. The summed E-state index contributed by atoms with van der Waals surface area (Å²) >= 11 is 0.758. The standard InChI is InChI=1S/C20H14F4N4O3S/c21-12-7-5-11(6-8-12)18-26-27-19(31-18)32-10-17(30)28-14-4-2-1-3-13(14)25-16(29)9-15(28)20(22,23)24/h1-8,15H,9-10H2,(H,25,29). The topological polar surface area (TPSA) is 88.3 Å². The van der Waals surface area contributed by atoms with Gasteiger partial charge in [-0.05, 0) is 36.4 Å². The number of nitrogens with zero attached hydrogens (tertiary/aromatic N) is 3.